The fraction of sp³-hybridized carbons (Fsp3) is 0.250. The number of aromatic nitrogens is 3. The van der Waals surface area contributed by atoms with Gasteiger partial charge in [0.15, 0.2) is 5.75 Å². The molecule has 0 fully saturated rings. The van der Waals surface area contributed by atoms with Gasteiger partial charge in [0.25, 0.3) is 5.88 Å². The van der Waals surface area contributed by atoms with E-state index in [9.17, 15) is 13.2 Å². The molecule has 4 aromatic rings. The normalized spacial score (nSPS) is 12.6. The molecule has 2 aromatic carbocycles. The highest BCUT2D eigenvalue weighted by molar-refractivity contribution is 7.90. The largest absolute Gasteiger partial charge is 0.491 e. The van der Waals surface area contributed by atoms with E-state index in [1.807, 2.05) is 55.5 Å². The molecule has 0 spiro atoms. The second kappa shape index (κ2) is 9.11. The summed E-state index contributed by atoms with van der Waals surface area (Å²) in [6.45, 7) is 2.18. The number of sulfone groups is 1. The highest BCUT2D eigenvalue weighted by Crippen LogP contribution is 2.30. The lowest BCUT2D eigenvalue weighted by Crippen LogP contribution is -2.29. The van der Waals surface area contributed by atoms with Crippen molar-refractivity contribution in [2.75, 3.05) is 25.7 Å². The number of imidazole rings is 1. The van der Waals surface area contributed by atoms with Crippen molar-refractivity contribution in [3.05, 3.63) is 76.8 Å². The third kappa shape index (κ3) is 4.78. The van der Waals surface area contributed by atoms with Crippen molar-refractivity contribution in [1.29, 1.82) is 0 Å². The summed E-state index contributed by atoms with van der Waals surface area (Å²) in [6, 6.07) is 17.9. The minimum Gasteiger partial charge on any atom is -0.491 e. The molecule has 4 rings (SSSR count). The van der Waals surface area contributed by atoms with Crippen LogP contribution in [0.15, 0.2) is 65.5 Å². The van der Waals surface area contributed by atoms with Crippen LogP contribution in [0.3, 0.4) is 0 Å². The first-order chi connectivity index (χ1) is 15.8. The third-order valence-electron chi connectivity index (χ3n) is 5.29. The molecule has 1 atom stereocenters. The fourth-order valence-corrected chi connectivity index (χ4v) is 4.75. The summed E-state index contributed by atoms with van der Waals surface area (Å²) in [6.07, 6.45) is 1.14. The zero-order chi connectivity index (χ0) is 23.6. The Kier molecular flexibility index (Phi) is 6.24. The Balaban J connectivity index is 1.88. The van der Waals surface area contributed by atoms with Crippen molar-refractivity contribution in [2.24, 2.45) is 0 Å². The van der Waals surface area contributed by atoms with Crippen LogP contribution in [0.25, 0.3) is 22.2 Å². The molecule has 9 heteroatoms. The lowest BCUT2D eigenvalue weighted by atomic mass is 10.1. The van der Waals surface area contributed by atoms with Crippen LogP contribution in [0.1, 0.15) is 18.7 Å². The molecule has 0 radical (unpaired) electrons. The summed E-state index contributed by atoms with van der Waals surface area (Å²) in [4.78, 5) is 20.4. The lowest BCUT2D eigenvalue weighted by Gasteiger charge is -2.19. The topological polar surface area (TPSA) is 103 Å². The van der Waals surface area contributed by atoms with Crippen LogP contribution >= 0.6 is 0 Å². The van der Waals surface area contributed by atoms with Crippen LogP contribution in [0.5, 0.6) is 11.6 Å². The number of nitrogens with zero attached hydrogens (tertiary/aromatic N) is 2. The van der Waals surface area contributed by atoms with Crippen LogP contribution in [-0.4, -0.2) is 48.7 Å². The first-order valence-corrected chi connectivity index (χ1v) is 12.5. The number of nitrogens with one attached hydrogen (secondary N) is 1. The van der Waals surface area contributed by atoms with E-state index in [4.69, 9.17) is 9.47 Å². The van der Waals surface area contributed by atoms with E-state index in [0.29, 0.717) is 29.1 Å². The van der Waals surface area contributed by atoms with Gasteiger partial charge in [-0.15, -0.1) is 0 Å². The molecule has 1 N–H and O–H groups in total. The maximum absolute atomic E-state index is 13.0. The summed E-state index contributed by atoms with van der Waals surface area (Å²) in [5.74, 6) is 0.373. The van der Waals surface area contributed by atoms with Crippen molar-refractivity contribution < 1.29 is 17.9 Å². The molecule has 0 aliphatic rings. The summed E-state index contributed by atoms with van der Waals surface area (Å²) in [5, 5.41) is 0. The molecule has 0 aliphatic heterocycles. The summed E-state index contributed by atoms with van der Waals surface area (Å²) in [7, 11) is -1.96. The van der Waals surface area contributed by atoms with E-state index >= 15 is 0 Å². The molecule has 2 aromatic heterocycles. The molecule has 0 saturated carbocycles. The first kappa shape index (κ1) is 22.6. The zero-order valence-electron chi connectivity index (χ0n) is 18.6. The van der Waals surface area contributed by atoms with Gasteiger partial charge in [-0.25, -0.2) is 18.2 Å². The van der Waals surface area contributed by atoms with Crippen molar-refractivity contribution in [2.45, 2.75) is 13.0 Å². The number of pyridine rings is 1. The molecule has 0 aliphatic carbocycles. The lowest BCUT2D eigenvalue weighted by molar-refractivity contribution is 0.296. The number of hydrogen-bond acceptors (Lipinski definition) is 6. The van der Waals surface area contributed by atoms with Gasteiger partial charge in [-0.2, -0.15) is 0 Å². The van der Waals surface area contributed by atoms with Gasteiger partial charge in [0.2, 0.25) is 0 Å². The number of aromatic amines is 1. The Morgan fingerprint density at radius 3 is 2.48 bits per heavy atom. The van der Waals surface area contributed by atoms with Crippen molar-refractivity contribution in [1.82, 2.24) is 14.5 Å². The van der Waals surface area contributed by atoms with E-state index in [0.717, 1.165) is 17.4 Å². The molecular weight excluding hydrogens is 442 g/mol. The van der Waals surface area contributed by atoms with E-state index < -0.39 is 21.6 Å². The molecule has 8 nitrogen and oxygen atoms in total. The number of H-pyrrole nitrogens is 1. The molecule has 2 heterocycles. The van der Waals surface area contributed by atoms with Gasteiger partial charge < -0.3 is 14.5 Å². The molecular formula is C24H25N3O5S. The zero-order valence-corrected chi connectivity index (χ0v) is 19.4. The molecule has 0 bridgehead atoms. The Labute approximate surface area is 191 Å². The number of rotatable bonds is 8. The van der Waals surface area contributed by atoms with E-state index in [1.54, 1.807) is 12.1 Å². The standard InChI is InChI=1S/C24H25N3O5S/c1-4-32-23-22(31-2)13-11-18(25-23)21(15-33(3,29)30)27-20-12-10-17(14-19(20)26-24(27)28)16-8-6-5-7-9-16/h5-14,21H,4,15H2,1-3H3,(H,26,28)/t21-/m1/s1. The average Bonchev–Trinajstić information content (AvgIpc) is 3.12. The van der Waals surface area contributed by atoms with Crippen LogP contribution in [0.4, 0.5) is 0 Å². The van der Waals surface area contributed by atoms with Crippen molar-refractivity contribution >= 4 is 20.9 Å². The third-order valence-corrected chi connectivity index (χ3v) is 6.21. The molecule has 33 heavy (non-hydrogen) atoms. The molecule has 172 valence electrons. The second-order valence-electron chi connectivity index (χ2n) is 7.68. The van der Waals surface area contributed by atoms with Crippen molar-refractivity contribution in [3.63, 3.8) is 0 Å². The minimum atomic E-state index is -3.46. The molecule has 0 saturated heterocycles. The minimum absolute atomic E-state index is 0.246. The van der Waals surface area contributed by atoms with Crippen LogP contribution in [-0.2, 0) is 9.84 Å². The van der Waals surface area contributed by atoms with Crippen LogP contribution in [0.2, 0.25) is 0 Å². The van der Waals surface area contributed by atoms with Crippen LogP contribution in [0, 0.1) is 0 Å². The average molecular weight is 468 g/mol. The predicted molar refractivity (Wildman–Crippen MR) is 128 cm³/mol. The Morgan fingerprint density at radius 2 is 1.82 bits per heavy atom. The van der Waals surface area contributed by atoms with Crippen molar-refractivity contribution in [3.8, 4) is 22.8 Å². The Bertz CT molecular complexity index is 1440. The van der Waals surface area contributed by atoms with E-state index in [1.165, 1.54) is 11.7 Å². The van der Waals surface area contributed by atoms with Gasteiger partial charge in [-0.05, 0) is 42.3 Å². The van der Waals surface area contributed by atoms with E-state index in [-0.39, 0.29) is 11.6 Å². The molecule has 0 amide bonds. The Morgan fingerprint density at radius 1 is 1.06 bits per heavy atom. The maximum atomic E-state index is 13.0. The quantitative estimate of drug-likeness (QED) is 0.426. The second-order valence-corrected chi connectivity index (χ2v) is 9.87. The highest BCUT2D eigenvalue weighted by atomic mass is 32.2. The first-order valence-electron chi connectivity index (χ1n) is 10.5. The van der Waals surface area contributed by atoms with E-state index in [2.05, 4.69) is 9.97 Å². The summed E-state index contributed by atoms with van der Waals surface area (Å²) >= 11 is 0. The number of ether oxygens (including phenoxy) is 2. The smallest absolute Gasteiger partial charge is 0.327 e. The van der Waals surface area contributed by atoms with Gasteiger partial charge in [0, 0.05) is 6.26 Å². The monoisotopic (exact) mass is 467 g/mol. The number of methoxy groups -OCH3 is 1. The number of benzene rings is 2. The summed E-state index contributed by atoms with van der Waals surface area (Å²) in [5.41, 5.74) is 3.12. The highest BCUT2D eigenvalue weighted by Gasteiger charge is 2.26. The molecule has 0 unspecified atom stereocenters. The number of fused-ring (bicyclic) bond motifs is 1. The maximum Gasteiger partial charge on any atom is 0.327 e. The summed E-state index contributed by atoms with van der Waals surface area (Å²) < 4.78 is 36.9. The van der Waals surface area contributed by atoms with Gasteiger partial charge in [0.1, 0.15) is 9.84 Å². The fourth-order valence-electron chi connectivity index (χ4n) is 3.85. The van der Waals surface area contributed by atoms with Gasteiger partial charge >= 0.3 is 5.69 Å². The van der Waals surface area contributed by atoms with Gasteiger partial charge in [-0.1, -0.05) is 36.4 Å². The van der Waals surface area contributed by atoms with Gasteiger partial charge in [0.05, 0.1) is 42.2 Å². The number of hydrogen-bond donors (Lipinski definition) is 1. The Hall–Kier alpha value is -3.59. The van der Waals surface area contributed by atoms with Crippen LogP contribution < -0.4 is 15.2 Å². The van der Waals surface area contributed by atoms with Gasteiger partial charge in [-0.3, -0.25) is 4.57 Å². The SMILES string of the molecule is CCOc1nc([C@@H](CS(C)(=O)=O)n2c(=O)[nH]c3cc(-c4ccccc4)ccc32)ccc1OC. The predicted octanol–water partition coefficient (Wildman–Crippen LogP) is 3.43.